The van der Waals surface area contributed by atoms with E-state index in [0.717, 1.165) is 0 Å². The summed E-state index contributed by atoms with van der Waals surface area (Å²) in [6, 6.07) is 3.06. The van der Waals surface area contributed by atoms with Gasteiger partial charge in [-0.15, -0.1) is 0 Å². The third-order valence-electron chi connectivity index (χ3n) is 1.53. The molecular weight excluding hydrogens is 258 g/mol. The zero-order valence-corrected chi connectivity index (χ0v) is 11.1. The number of hydrogen-bond acceptors (Lipinski definition) is 5. The molecule has 1 rings (SSSR count). The largest absolute Gasteiger partial charge is 0.443 e. The summed E-state index contributed by atoms with van der Waals surface area (Å²) < 4.78 is 31.8. The van der Waals surface area contributed by atoms with E-state index in [4.69, 9.17) is 4.74 Å². The molecule has 0 radical (unpaired) electrons. The minimum atomic E-state index is -4.02. The van der Waals surface area contributed by atoms with E-state index in [9.17, 15) is 13.2 Å². The number of ether oxygens (including phenoxy) is 1. The Labute approximate surface area is 106 Å². The van der Waals surface area contributed by atoms with E-state index >= 15 is 0 Å². The molecule has 0 aromatic carbocycles. The maximum Gasteiger partial charge on any atom is 0.422 e. The third-order valence-corrected chi connectivity index (χ3v) is 2.47. The Balaban J connectivity index is 2.63. The number of rotatable bonds is 3. The fourth-order valence-electron chi connectivity index (χ4n) is 1.01. The van der Waals surface area contributed by atoms with E-state index < -0.39 is 21.9 Å². The van der Waals surface area contributed by atoms with Crippen LogP contribution in [0.25, 0.3) is 0 Å². The Morgan fingerprint density at radius 1 is 1.39 bits per heavy atom. The molecule has 0 saturated carbocycles. The number of anilines is 1. The maximum atomic E-state index is 11.5. The van der Waals surface area contributed by atoms with Gasteiger partial charge in [-0.05, 0) is 32.9 Å². The van der Waals surface area contributed by atoms with Crippen LogP contribution in [0.5, 0.6) is 0 Å². The molecule has 0 aliphatic rings. The number of hydrogen-bond donors (Lipinski definition) is 2. The van der Waals surface area contributed by atoms with Crippen molar-refractivity contribution in [3.63, 3.8) is 0 Å². The molecule has 18 heavy (non-hydrogen) atoms. The van der Waals surface area contributed by atoms with Crippen LogP contribution in [0.2, 0.25) is 0 Å². The molecule has 0 fully saturated rings. The molecule has 0 spiro atoms. The van der Waals surface area contributed by atoms with Crippen LogP contribution in [0.4, 0.5) is 10.5 Å². The summed E-state index contributed by atoms with van der Waals surface area (Å²) in [6.45, 7) is 4.90. The fraction of sp³-hybridized carbons (Fsp3) is 0.400. The van der Waals surface area contributed by atoms with Crippen LogP contribution in [0.15, 0.2) is 24.5 Å². The Kier molecular flexibility index (Phi) is 4.12. The van der Waals surface area contributed by atoms with Crippen molar-refractivity contribution in [3.05, 3.63) is 24.5 Å². The van der Waals surface area contributed by atoms with Gasteiger partial charge in [-0.2, -0.15) is 8.42 Å². The molecule has 7 nitrogen and oxygen atoms in total. The second-order valence-corrected chi connectivity index (χ2v) is 5.87. The Morgan fingerprint density at radius 2 is 2.06 bits per heavy atom. The highest BCUT2D eigenvalue weighted by atomic mass is 32.2. The molecule has 1 aromatic rings. The van der Waals surface area contributed by atoms with E-state index in [1.165, 1.54) is 18.5 Å². The van der Waals surface area contributed by atoms with Crippen molar-refractivity contribution in [2.75, 3.05) is 4.72 Å². The molecule has 100 valence electrons. The Morgan fingerprint density at radius 3 is 2.56 bits per heavy atom. The van der Waals surface area contributed by atoms with Gasteiger partial charge >= 0.3 is 16.3 Å². The van der Waals surface area contributed by atoms with Crippen molar-refractivity contribution in [3.8, 4) is 0 Å². The van der Waals surface area contributed by atoms with E-state index in [-0.39, 0.29) is 5.69 Å². The SMILES string of the molecule is CC(C)(C)OC(=O)NS(=O)(=O)Nc1cccnc1. The first-order chi connectivity index (χ1) is 8.18. The van der Waals surface area contributed by atoms with Gasteiger partial charge in [-0.25, -0.2) is 9.52 Å². The minimum Gasteiger partial charge on any atom is -0.443 e. The maximum absolute atomic E-state index is 11.5. The second kappa shape index (κ2) is 5.21. The zero-order valence-electron chi connectivity index (χ0n) is 10.3. The first kappa shape index (κ1) is 14.2. The number of amides is 1. The zero-order chi connectivity index (χ0) is 13.8. The number of nitrogens with one attached hydrogen (secondary N) is 2. The van der Waals surface area contributed by atoms with Crippen LogP contribution >= 0.6 is 0 Å². The third kappa shape index (κ3) is 5.48. The molecule has 1 amide bonds. The Hall–Kier alpha value is -1.83. The van der Waals surface area contributed by atoms with Gasteiger partial charge in [0, 0.05) is 6.20 Å². The smallest absolute Gasteiger partial charge is 0.422 e. The number of aromatic nitrogens is 1. The Bertz CT molecular complexity index is 508. The summed E-state index contributed by atoms with van der Waals surface area (Å²) in [5, 5.41) is 0. The quantitative estimate of drug-likeness (QED) is 0.864. The van der Waals surface area contributed by atoms with Gasteiger partial charge in [0.2, 0.25) is 0 Å². The number of carbonyl (C=O) groups excluding carboxylic acids is 1. The molecule has 0 bridgehead atoms. The van der Waals surface area contributed by atoms with Gasteiger partial charge in [-0.3, -0.25) is 9.71 Å². The van der Waals surface area contributed by atoms with Crippen LogP contribution in [0.3, 0.4) is 0 Å². The van der Waals surface area contributed by atoms with E-state index in [1.54, 1.807) is 31.6 Å². The summed E-state index contributed by atoms with van der Waals surface area (Å²) in [4.78, 5) is 15.0. The molecule has 0 aliphatic heterocycles. The van der Waals surface area contributed by atoms with Crippen LogP contribution in [0.1, 0.15) is 20.8 Å². The summed E-state index contributed by atoms with van der Waals surface area (Å²) in [5.74, 6) is 0. The molecule has 8 heteroatoms. The van der Waals surface area contributed by atoms with Crippen molar-refractivity contribution in [2.45, 2.75) is 26.4 Å². The van der Waals surface area contributed by atoms with Crippen LogP contribution < -0.4 is 9.44 Å². The van der Waals surface area contributed by atoms with Crippen molar-refractivity contribution in [1.29, 1.82) is 0 Å². The molecule has 0 aliphatic carbocycles. The monoisotopic (exact) mass is 273 g/mol. The normalized spacial score (nSPS) is 11.7. The lowest BCUT2D eigenvalue weighted by molar-refractivity contribution is 0.0570. The van der Waals surface area contributed by atoms with E-state index in [2.05, 4.69) is 9.71 Å². The highest BCUT2D eigenvalue weighted by Crippen LogP contribution is 2.08. The molecule has 0 unspecified atom stereocenters. The molecule has 0 saturated heterocycles. The summed E-state index contributed by atoms with van der Waals surface area (Å²) in [7, 11) is -4.02. The lowest BCUT2D eigenvalue weighted by Gasteiger charge is -2.19. The van der Waals surface area contributed by atoms with Crippen molar-refractivity contribution in [2.24, 2.45) is 0 Å². The first-order valence-corrected chi connectivity index (χ1v) is 6.60. The van der Waals surface area contributed by atoms with Crippen LogP contribution in [0, 0.1) is 0 Å². The molecule has 1 heterocycles. The molecule has 1 aromatic heterocycles. The fourth-order valence-corrected chi connectivity index (χ4v) is 1.76. The van der Waals surface area contributed by atoms with Crippen molar-refractivity contribution in [1.82, 2.24) is 9.71 Å². The van der Waals surface area contributed by atoms with Gasteiger partial charge in [0.15, 0.2) is 0 Å². The molecule has 2 N–H and O–H groups in total. The minimum absolute atomic E-state index is 0.244. The average molecular weight is 273 g/mol. The van der Waals surface area contributed by atoms with E-state index in [0.29, 0.717) is 0 Å². The average Bonchev–Trinajstić information content (AvgIpc) is 2.13. The van der Waals surface area contributed by atoms with Gasteiger partial charge in [-0.1, -0.05) is 0 Å². The number of nitrogens with zero attached hydrogens (tertiary/aromatic N) is 1. The standard InChI is InChI=1S/C10H15N3O4S/c1-10(2,3)17-9(14)13-18(15,16)12-8-5-4-6-11-7-8/h4-7,12H,1-3H3,(H,13,14). The lowest BCUT2D eigenvalue weighted by Crippen LogP contribution is -2.39. The predicted octanol–water partition coefficient (Wildman–Crippen LogP) is 1.26. The van der Waals surface area contributed by atoms with Gasteiger partial charge in [0.1, 0.15) is 5.60 Å². The molecule has 0 atom stereocenters. The van der Waals surface area contributed by atoms with Gasteiger partial charge in [0.25, 0.3) is 0 Å². The predicted molar refractivity (Wildman–Crippen MR) is 66.1 cm³/mol. The first-order valence-electron chi connectivity index (χ1n) is 5.11. The summed E-state index contributed by atoms with van der Waals surface area (Å²) >= 11 is 0. The number of pyridine rings is 1. The van der Waals surface area contributed by atoms with Crippen molar-refractivity contribution < 1.29 is 17.9 Å². The topological polar surface area (TPSA) is 97.4 Å². The highest BCUT2D eigenvalue weighted by molar-refractivity contribution is 7.91. The van der Waals surface area contributed by atoms with Crippen LogP contribution in [-0.4, -0.2) is 25.1 Å². The van der Waals surface area contributed by atoms with Crippen LogP contribution in [-0.2, 0) is 14.9 Å². The second-order valence-electron chi connectivity index (χ2n) is 4.45. The lowest BCUT2D eigenvalue weighted by atomic mass is 10.2. The summed E-state index contributed by atoms with van der Waals surface area (Å²) in [5.41, 5.74) is -0.526. The van der Waals surface area contributed by atoms with Gasteiger partial charge in [0.05, 0.1) is 11.9 Å². The van der Waals surface area contributed by atoms with Crippen molar-refractivity contribution >= 4 is 22.0 Å². The molecular formula is C10H15N3O4S. The van der Waals surface area contributed by atoms with E-state index in [1.807, 2.05) is 0 Å². The highest BCUT2D eigenvalue weighted by Gasteiger charge is 2.21. The summed E-state index contributed by atoms with van der Waals surface area (Å²) in [6.07, 6.45) is 1.77. The number of carbonyl (C=O) groups is 1. The van der Waals surface area contributed by atoms with Gasteiger partial charge < -0.3 is 4.74 Å².